The third-order valence-electron chi connectivity index (χ3n) is 4.42. The minimum Gasteiger partial charge on any atom is -0.504 e. The molecule has 0 unspecified atom stereocenters. The van der Waals surface area contributed by atoms with Gasteiger partial charge < -0.3 is 19.9 Å². The van der Waals surface area contributed by atoms with Gasteiger partial charge >= 0.3 is 0 Å². The Labute approximate surface area is 122 Å². The van der Waals surface area contributed by atoms with Crippen LogP contribution in [0.25, 0.3) is 0 Å². The van der Waals surface area contributed by atoms with Crippen LogP contribution in [-0.4, -0.2) is 43.5 Å². The Morgan fingerprint density at radius 3 is 3.14 bits per heavy atom. The van der Waals surface area contributed by atoms with E-state index in [-0.39, 0.29) is 29.5 Å². The number of aromatic hydroxyl groups is 1. The molecule has 1 aliphatic carbocycles. The first kappa shape index (κ1) is 14.3. The van der Waals surface area contributed by atoms with Gasteiger partial charge in [0.05, 0.1) is 18.3 Å². The molecule has 2 aliphatic rings. The van der Waals surface area contributed by atoms with E-state index >= 15 is 0 Å². The number of methoxy groups -OCH3 is 1. The normalized spacial score (nSPS) is 30.6. The molecule has 1 amide bonds. The van der Waals surface area contributed by atoms with Crippen molar-refractivity contribution in [3.63, 3.8) is 0 Å². The van der Waals surface area contributed by atoms with Crippen LogP contribution in [0.5, 0.6) is 5.75 Å². The maximum absolute atomic E-state index is 13.3. The number of benzene rings is 1. The van der Waals surface area contributed by atoms with Crippen molar-refractivity contribution in [3.8, 4) is 5.75 Å². The van der Waals surface area contributed by atoms with Crippen molar-refractivity contribution in [2.45, 2.75) is 18.6 Å². The SMILES string of the molecule is COC[C@@H]1[C@H](NC(=O)c2cccc(F)c2O)[C@@H]2CCO[C@H]12. The van der Waals surface area contributed by atoms with Crippen molar-refractivity contribution >= 4 is 5.91 Å². The van der Waals surface area contributed by atoms with Crippen LogP contribution in [0.1, 0.15) is 16.8 Å². The second-order valence-electron chi connectivity index (χ2n) is 5.54. The number of phenols is 1. The summed E-state index contributed by atoms with van der Waals surface area (Å²) in [5, 5.41) is 12.5. The molecule has 1 aromatic rings. The monoisotopic (exact) mass is 295 g/mol. The van der Waals surface area contributed by atoms with E-state index in [1.54, 1.807) is 7.11 Å². The standard InChI is InChI=1S/C15H18FNO4/c1-20-7-10-12(8-5-6-21-14(8)10)17-15(19)9-3-2-4-11(16)13(9)18/h2-4,8,10,12,14,18H,5-7H2,1H3,(H,17,19)/t8-,10+,12+,14-/m0/s1. The molecule has 1 heterocycles. The van der Waals surface area contributed by atoms with Gasteiger partial charge in [-0.25, -0.2) is 4.39 Å². The van der Waals surface area contributed by atoms with Gasteiger partial charge in [-0.1, -0.05) is 6.07 Å². The molecule has 1 aromatic carbocycles. The molecule has 3 rings (SSSR count). The summed E-state index contributed by atoms with van der Waals surface area (Å²) >= 11 is 0. The lowest BCUT2D eigenvalue weighted by Gasteiger charge is -2.47. The number of para-hydroxylation sites is 1. The Balaban J connectivity index is 1.73. The van der Waals surface area contributed by atoms with Crippen LogP contribution in [0, 0.1) is 17.7 Å². The van der Waals surface area contributed by atoms with E-state index in [2.05, 4.69) is 5.32 Å². The van der Waals surface area contributed by atoms with E-state index in [1.807, 2.05) is 0 Å². The summed E-state index contributed by atoms with van der Waals surface area (Å²) in [6, 6.07) is 3.86. The summed E-state index contributed by atoms with van der Waals surface area (Å²) in [4.78, 5) is 12.2. The highest BCUT2D eigenvalue weighted by molar-refractivity contribution is 5.97. The lowest BCUT2D eigenvalue weighted by atomic mass is 9.67. The van der Waals surface area contributed by atoms with E-state index in [1.165, 1.54) is 12.1 Å². The van der Waals surface area contributed by atoms with Gasteiger partial charge in [0.2, 0.25) is 0 Å². The number of hydrogen-bond donors (Lipinski definition) is 2. The summed E-state index contributed by atoms with van der Waals surface area (Å²) in [5.41, 5.74) is -0.0477. The van der Waals surface area contributed by atoms with Crippen molar-refractivity contribution < 1.29 is 23.8 Å². The zero-order valence-electron chi connectivity index (χ0n) is 11.7. The number of halogens is 1. The smallest absolute Gasteiger partial charge is 0.255 e. The molecule has 114 valence electrons. The summed E-state index contributed by atoms with van der Waals surface area (Å²) in [5.74, 6) is -1.51. The number of ether oxygens (including phenoxy) is 2. The van der Waals surface area contributed by atoms with Gasteiger partial charge in [-0.2, -0.15) is 0 Å². The number of nitrogens with one attached hydrogen (secondary N) is 1. The minimum absolute atomic E-state index is 0.0477. The first-order chi connectivity index (χ1) is 10.1. The number of carbonyl (C=O) groups excluding carboxylic acids is 1. The molecule has 2 fully saturated rings. The molecule has 5 nitrogen and oxygen atoms in total. The Kier molecular flexibility index (Phi) is 3.82. The minimum atomic E-state index is -0.799. The van der Waals surface area contributed by atoms with E-state index in [4.69, 9.17) is 9.47 Å². The van der Waals surface area contributed by atoms with Crippen molar-refractivity contribution in [1.29, 1.82) is 0 Å². The number of fused-ring (bicyclic) bond motifs is 1. The van der Waals surface area contributed by atoms with E-state index in [9.17, 15) is 14.3 Å². The molecule has 0 radical (unpaired) electrons. The highest BCUT2D eigenvalue weighted by atomic mass is 19.1. The number of phenolic OH excluding ortho intramolecular Hbond substituents is 1. The van der Waals surface area contributed by atoms with Gasteiger partial charge in [-0.05, 0) is 18.6 Å². The summed E-state index contributed by atoms with van der Waals surface area (Å²) in [7, 11) is 1.61. The lowest BCUT2D eigenvalue weighted by Crippen LogP contribution is -2.62. The highest BCUT2D eigenvalue weighted by Crippen LogP contribution is 2.44. The molecular weight excluding hydrogens is 277 g/mol. The van der Waals surface area contributed by atoms with Crippen LogP contribution in [0.2, 0.25) is 0 Å². The zero-order chi connectivity index (χ0) is 15.0. The van der Waals surface area contributed by atoms with Gasteiger partial charge in [-0.15, -0.1) is 0 Å². The molecule has 21 heavy (non-hydrogen) atoms. The molecule has 0 spiro atoms. The number of carbonyl (C=O) groups is 1. The lowest BCUT2D eigenvalue weighted by molar-refractivity contribution is -0.0809. The quantitative estimate of drug-likeness (QED) is 0.879. The average Bonchev–Trinajstić information content (AvgIpc) is 2.89. The van der Waals surface area contributed by atoms with E-state index < -0.39 is 17.5 Å². The van der Waals surface area contributed by atoms with Crippen molar-refractivity contribution in [2.24, 2.45) is 11.8 Å². The second kappa shape index (κ2) is 5.61. The predicted molar refractivity (Wildman–Crippen MR) is 72.5 cm³/mol. The Hall–Kier alpha value is -1.66. The topological polar surface area (TPSA) is 67.8 Å². The number of rotatable bonds is 4. The van der Waals surface area contributed by atoms with Crippen LogP contribution in [0.15, 0.2) is 18.2 Å². The van der Waals surface area contributed by atoms with Gasteiger partial charge in [0.1, 0.15) is 0 Å². The van der Waals surface area contributed by atoms with Gasteiger partial charge in [0.25, 0.3) is 5.91 Å². The fraction of sp³-hybridized carbons (Fsp3) is 0.533. The van der Waals surface area contributed by atoms with Crippen molar-refractivity contribution in [1.82, 2.24) is 5.32 Å². The van der Waals surface area contributed by atoms with Gasteiger partial charge in [-0.3, -0.25) is 4.79 Å². The molecule has 1 saturated carbocycles. The van der Waals surface area contributed by atoms with Crippen molar-refractivity contribution in [2.75, 3.05) is 20.3 Å². The first-order valence-electron chi connectivity index (χ1n) is 7.02. The predicted octanol–water partition coefficient (Wildman–Crippen LogP) is 1.31. The number of amides is 1. The Bertz CT molecular complexity index is 550. The second-order valence-corrected chi connectivity index (χ2v) is 5.54. The fourth-order valence-corrected chi connectivity index (χ4v) is 3.36. The molecule has 0 bridgehead atoms. The molecule has 1 saturated heterocycles. The van der Waals surface area contributed by atoms with Crippen LogP contribution < -0.4 is 5.32 Å². The van der Waals surface area contributed by atoms with E-state index in [0.29, 0.717) is 13.2 Å². The Morgan fingerprint density at radius 2 is 2.38 bits per heavy atom. The van der Waals surface area contributed by atoms with Crippen molar-refractivity contribution in [3.05, 3.63) is 29.6 Å². The molecule has 4 atom stereocenters. The highest BCUT2D eigenvalue weighted by Gasteiger charge is 2.54. The molecule has 6 heteroatoms. The van der Waals surface area contributed by atoms with Crippen LogP contribution in [-0.2, 0) is 9.47 Å². The van der Waals surface area contributed by atoms with Crippen LogP contribution >= 0.6 is 0 Å². The van der Waals surface area contributed by atoms with Gasteiger partial charge in [0.15, 0.2) is 11.6 Å². The maximum atomic E-state index is 13.3. The van der Waals surface area contributed by atoms with Gasteiger partial charge in [0, 0.05) is 31.6 Å². The number of hydrogen-bond acceptors (Lipinski definition) is 4. The largest absolute Gasteiger partial charge is 0.504 e. The third kappa shape index (κ3) is 2.38. The molecule has 2 N–H and O–H groups in total. The summed E-state index contributed by atoms with van der Waals surface area (Å²) < 4.78 is 24.1. The average molecular weight is 295 g/mol. The molecule has 1 aliphatic heterocycles. The summed E-state index contributed by atoms with van der Waals surface area (Å²) in [6.07, 6.45) is 1.02. The first-order valence-corrected chi connectivity index (χ1v) is 7.02. The van der Waals surface area contributed by atoms with Crippen LogP contribution in [0.4, 0.5) is 4.39 Å². The molecular formula is C15H18FNO4. The Morgan fingerprint density at radius 1 is 1.57 bits per heavy atom. The summed E-state index contributed by atoms with van der Waals surface area (Å²) in [6.45, 7) is 1.19. The van der Waals surface area contributed by atoms with Crippen LogP contribution in [0.3, 0.4) is 0 Å². The zero-order valence-corrected chi connectivity index (χ0v) is 11.7. The fourth-order valence-electron chi connectivity index (χ4n) is 3.36. The maximum Gasteiger partial charge on any atom is 0.255 e. The third-order valence-corrected chi connectivity index (χ3v) is 4.42. The molecule has 0 aromatic heterocycles. The van der Waals surface area contributed by atoms with E-state index in [0.717, 1.165) is 12.5 Å².